The van der Waals surface area contributed by atoms with Gasteiger partial charge in [-0.2, -0.15) is 0 Å². The molecule has 4 heterocycles. The van der Waals surface area contributed by atoms with Crippen LogP contribution in [0.4, 0.5) is 0 Å². The van der Waals surface area contributed by atoms with Crippen molar-refractivity contribution < 1.29 is 0 Å². The molecule has 1 nitrogen and oxygen atoms in total. The lowest BCUT2D eigenvalue weighted by atomic mass is 9.90. The van der Waals surface area contributed by atoms with E-state index in [2.05, 4.69) is 314 Å². The molecule has 17 aromatic carbocycles. The van der Waals surface area contributed by atoms with E-state index in [0.29, 0.717) is 0 Å². The van der Waals surface area contributed by atoms with Gasteiger partial charge in [0.25, 0.3) is 0 Å². The predicted molar refractivity (Wildman–Crippen MR) is 412 cm³/mol. The molecular formula is C90H51NS3. The van der Waals surface area contributed by atoms with Crippen LogP contribution in [0.5, 0.6) is 0 Å². The van der Waals surface area contributed by atoms with Gasteiger partial charge in [-0.3, -0.25) is 0 Å². The Hall–Kier alpha value is -11.2. The lowest BCUT2D eigenvalue weighted by molar-refractivity contribution is 1.18. The minimum Gasteiger partial charge on any atom is -0.309 e. The molecule has 4 heteroatoms. The zero-order valence-corrected chi connectivity index (χ0v) is 53.1. The van der Waals surface area contributed by atoms with Crippen LogP contribution in [-0.2, 0) is 0 Å². The van der Waals surface area contributed by atoms with Gasteiger partial charge in [0.1, 0.15) is 0 Å². The molecule has 0 aliphatic carbocycles. The second-order valence-electron chi connectivity index (χ2n) is 25.3. The van der Waals surface area contributed by atoms with E-state index in [1.54, 1.807) is 0 Å². The number of fused-ring (bicyclic) bond motifs is 24. The Morgan fingerprint density at radius 1 is 0.170 bits per heavy atom. The molecule has 0 fully saturated rings. The van der Waals surface area contributed by atoms with Gasteiger partial charge in [-0.05, 0) is 199 Å². The van der Waals surface area contributed by atoms with Crippen LogP contribution >= 0.6 is 34.0 Å². The number of rotatable bonds is 6. The van der Waals surface area contributed by atoms with Gasteiger partial charge in [0.05, 0.1) is 11.0 Å². The monoisotopic (exact) mass is 1240 g/mol. The molecular weight excluding hydrogens is 1190 g/mol. The summed E-state index contributed by atoms with van der Waals surface area (Å²) in [5, 5.41) is 25.4. The number of benzene rings is 17. The molecule has 0 amide bonds. The summed E-state index contributed by atoms with van der Waals surface area (Å²) in [7, 11) is 0. The normalized spacial score (nSPS) is 12.3. The van der Waals surface area contributed by atoms with Gasteiger partial charge < -0.3 is 4.57 Å². The summed E-state index contributed by atoms with van der Waals surface area (Å²) in [6, 6.07) is 117. The molecule has 21 rings (SSSR count). The van der Waals surface area contributed by atoms with Gasteiger partial charge in [0.15, 0.2) is 0 Å². The number of nitrogens with zero attached hydrogens (tertiary/aromatic N) is 1. The summed E-state index contributed by atoms with van der Waals surface area (Å²) >= 11 is 5.67. The van der Waals surface area contributed by atoms with E-state index in [0.717, 1.165) is 5.69 Å². The first-order chi connectivity index (χ1) is 46.6. The summed E-state index contributed by atoms with van der Waals surface area (Å²) < 4.78 is 10.5. The minimum atomic E-state index is 1.13. The average Bonchev–Trinajstić information content (AvgIpc) is 1.44. The molecule has 0 saturated carbocycles. The van der Waals surface area contributed by atoms with Crippen molar-refractivity contribution in [1.82, 2.24) is 4.57 Å². The van der Waals surface area contributed by atoms with Crippen molar-refractivity contribution in [2.24, 2.45) is 0 Å². The lowest BCUT2D eigenvalue weighted by Crippen LogP contribution is -1.95. The van der Waals surface area contributed by atoms with E-state index in [9.17, 15) is 0 Å². The van der Waals surface area contributed by atoms with E-state index in [1.807, 2.05) is 34.0 Å². The summed E-state index contributed by atoms with van der Waals surface area (Å²) in [5.74, 6) is 0. The van der Waals surface area contributed by atoms with Gasteiger partial charge in [0.2, 0.25) is 0 Å². The van der Waals surface area contributed by atoms with Crippen LogP contribution in [-0.4, -0.2) is 4.57 Å². The quantitative estimate of drug-likeness (QED) is 0.146. The van der Waals surface area contributed by atoms with Crippen LogP contribution in [0, 0.1) is 0 Å². The molecule has 434 valence electrons. The zero-order chi connectivity index (χ0) is 61.3. The maximum atomic E-state index is 2.58. The smallest absolute Gasteiger partial charge is 0.0547 e. The highest BCUT2D eigenvalue weighted by molar-refractivity contribution is 7.27. The Kier molecular flexibility index (Phi) is 11.2. The van der Waals surface area contributed by atoms with Gasteiger partial charge >= 0.3 is 0 Å². The second-order valence-corrected chi connectivity index (χ2v) is 28.5. The van der Waals surface area contributed by atoms with E-state index in [-0.39, 0.29) is 0 Å². The zero-order valence-electron chi connectivity index (χ0n) is 50.6. The highest BCUT2D eigenvalue weighted by Gasteiger charge is 2.22. The molecule has 21 aromatic rings. The Morgan fingerprint density at radius 2 is 0.468 bits per heavy atom. The van der Waals surface area contributed by atoms with Crippen molar-refractivity contribution in [2.75, 3.05) is 0 Å². The minimum absolute atomic E-state index is 1.13. The molecule has 0 saturated heterocycles. The third kappa shape index (κ3) is 7.73. The largest absolute Gasteiger partial charge is 0.309 e. The molecule has 0 atom stereocenters. The Labute approximate surface area is 552 Å². The second kappa shape index (κ2) is 20.1. The van der Waals surface area contributed by atoms with E-state index in [1.165, 1.54) is 203 Å². The van der Waals surface area contributed by atoms with Crippen molar-refractivity contribution in [3.8, 4) is 61.3 Å². The number of hydrogen-bond acceptors (Lipinski definition) is 3. The maximum absolute atomic E-state index is 2.58. The molecule has 94 heavy (non-hydrogen) atoms. The molecule has 0 bridgehead atoms. The van der Waals surface area contributed by atoms with E-state index < -0.39 is 0 Å². The molecule has 0 radical (unpaired) electrons. The van der Waals surface area contributed by atoms with Crippen molar-refractivity contribution in [2.45, 2.75) is 0 Å². The number of hydrogen-bond donors (Lipinski definition) is 0. The molecule has 0 N–H and O–H groups in total. The molecule has 0 aliphatic rings. The third-order valence-electron chi connectivity index (χ3n) is 20.3. The highest BCUT2D eigenvalue weighted by atomic mass is 32.1. The Balaban J connectivity index is 0.786. The summed E-state index contributed by atoms with van der Waals surface area (Å²) in [4.78, 5) is 0. The predicted octanol–water partition coefficient (Wildman–Crippen LogP) is 27.1. The molecule has 4 aromatic heterocycles. The fraction of sp³-hybridized carbons (Fsp3) is 0. The third-order valence-corrected chi connectivity index (χ3v) is 24.0. The average molecular weight is 1240 g/mol. The maximum Gasteiger partial charge on any atom is 0.0547 e. The van der Waals surface area contributed by atoms with Crippen molar-refractivity contribution >= 4 is 181 Å². The van der Waals surface area contributed by atoms with Crippen LogP contribution in [0.15, 0.2) is 309 Å². The highest BCUT2D eigenvalue weighted by Crippen LogP contribution is 2.49. The van der Waals surface area contributed by atoms with Gasteiger partial charge in [-0.15, -0.1) is 34.0 Å². The molecule has 0 aliphatic heterocycles. The Bertz CT molecular complexity index is 6530. The molecule has 0 unspecified atom stereocenters. The van der Waals surface area contributed by atoms with Crippen molar-refractivity contribution in [3.63, 3.8) is 0 Å². The Morgan fingerprint density at radius 3 is 0.883 bits per heavy atom. The van der Waals surface area contributed by atoms with Crippen LogP contribution in [0.2, 0.25) is 0 Å². The van der Waals surface area contributed by atoms with Crippen LogP contribution in [0.25, 0.3) is 208 Å². The van der Waals surface area contributed by atoms with Crippen LogP contribution in [0.1, 0.15) is 0 Å². The first-order valence-electron chi connectivity index (χ1n) is 32.3. The fourth-order valence-electron chi connectivity index (χ4n) is 16.0. The fourth-order valence-corrected chi connectivity index (χ4v) is 19.7. The summed E-state index contributed by atoms with van der Waals surface area (Å²) in [5.41, 5.74) is 15.8. The standard InChI is InChI=1S/C90H51NS3/c1-3-25-65-63(23-1)75-46-54(52-17-11-19-56(43-52)60-30-14-33-72-69-27-5-8-36-85(69)92-88(60)72)39-41-67(75)79-50-83-81(48-77(65)79)82-49-78-66-26-4-2-24-64(66)76-47-55(53-18-12-20-57(44-53)61-31-15-34-73-70-28-6-9-37-86(70)93-89(61)73)40-42-68(76)80(78)51-84(82)91(83)59-22-13-21-58(45-59)62-32-16-35-74-71-29-7-10-38-87(71)94-90(62)74/h1-51H. The SMILES string of the molecule is c1cc(-c2ccc3c(c2)c2ccccc2c2cc4c5cc6c7ccccc7c7cc(-c8cccc(-c9cccc%10c9sc9ccccc9%10)c8)ccc7c6cc5n(-c5cccc(-c6cccc7c6sc6ccccc67)c5)c4cc32)cc(-c2cccc3c2sc2ccccc23)c1. The van der Waals surface area contributed by atoms with E-state index in [4.69, 9.17) is 0 Å². The van der Waals surface area contributed by atoms with E-state index >= 15 is 0 Å². The topological polar surface area (TPSA) is 4.93 Å². The lowest BCUT2D eigenvalue weighted by Gasteiger charge is -2.15. The van der Waals surface area contributed by atoms with Gasteiger partial charge in [0, 0.05) is 77.0 Å². The van der Waals surface area contributed by atoms with Crippen LogP contribution < -0.4 is 0 Å². The van der Waals surface area contributed by atoms with Crippen LogP contribution in [0.3, 0.4) is 0 Å². The van der Waals surface area contributed by atoms with Crippen molar-refractivity contribution in [1.29, 1.82) is 0 Å². The van der Waals surface area contributed by atoms with Gasteiger partial charge in [-0.1, -0.05) is 231 Å². The first-order valence-corrected chi connectivity index (χ1v) is 34.7. The number of thiophene rings is 3. The molecule has 0 spiro atoms. The summed E-state index contributed by atoms with van der Waals surface area (Å²) in [6.45, 7) is 0. The van der Waals surface area contributed by atoms with Crippen molar-refractivity contribution in [3.05, 3.63) is 309 Å². The number of aromatic nitrogens is 1. The van der Waals surface area contributed by atoms with Gasteiger partial charge in [-0.25, -0.2) is 0 Å². The first kappa shape index (κ1) is 52.4. The summed E-state index contributed by atoms with van der Waals surface area (Å²) in [6.07, 6.45) is 0.